The third kappa shape index (κ3) is 21.2. The molecule has 4 heteroatoms. The van der Waals surface area contributed by atoms with E-state index in [1.54, 1.807) is 0 Å². The van der Waals surface area contributed by atoms with Gasteiger partial charge in [0, 0.05) is 72.5 Å². The summed E-state index contributed by atoms with van der Waals surface area (Å²) >= 11 is 0. The summed E-state index contributed by atoms with van der Waals surface area (Å²) in [6, 6.07) is 14.0. The summed E-state index contributed by atoms with van der Waals surface area (Å²) in [7, 11) is 0. The van der Waals surface area contributed by atoms with Crippen molar-refractivity contribution in [2.24, 2.45) is 45.3 Å². The van der Waals surface area contributed by atoms with Crippen LogP contribution in [0.5, 0.6) is 0 Å². The minimum Gasteiger partial charge on any atom is -0.295 e. The fourth-order valence-corrected chi connectivity index (χ4v) is 13.1. The minimum absolute atomic E-state index is 0. The lowest BCUT2D eigenvalue weighted by molar-refractivity contribution is 0.0566. The van der Waals surface area contributed by atoms with Crippen molar-refractivity contribution in [3.05, 3.63) is 35.9 Å². The second-order valence-electron chi connectivity index (χ2n) is 31.4. The topological polar surface area (TPSA) is 13.0 Å². The Bertz CT molecular complexity index is 1480. The van der Waals surface area contributed by atoms with E-state index in [1.807, 2.05) is 0 Å². The Kier molecular flexibility index (Phi) is 27.8. The lowest BCUT2D eigenvalue weighted by Crippen LogP contribution is -2.49. The third-order valence-corrected chi connectivity index (χ3v) is 17.1. The molecule has 1 saturated carbocycles. The molecule has 0 spiro atoms. The molecule has 8 atom stereocenters. The first-order valence-electron chi connectivity index (χ1n) is 28.3. The highest BCUT2D eigenvalue weighted by atomic mass is 15.3. The first-order valence-corrected chi connectivity index (χ1v) is 28.3. The zero-order valence-corrected chi connectivity index (χ0v) is 50.3. The molecule has 0 radical (unpaired) electrons. The number of benzene rings is 1. The Hall–Kier alpha value is -0.940. The molecule has 0 aromatic heterocycles. The van der Waals surface area contributed by atoms with Crippen LogP contribution in [0.1, 0.15) is 285 Å². The normalized spacial score (nSPS) is 27.9. The van der Waals surface area contributed by atoms with Crippen molar-refractivity contribution < 1.29 is 0 Å². The van der Waals surface area contributed by atoms with Crippen LogP contribution < -0.4 is 0 Å². The summed E-state index contributed by atoms with van der Waals surface area (Å²) in [6.07, 6.45) is 14.2. The Morgan fingerprint density at radius 2 is 0.746 bits per heavy atom. The number of hydrogen-bond donors (Lipinski definition) is 0. The summed E-state index contributed by atoms with van der Waals surface area (Å²) in [4.78, 5) is 10.9. The van der Waals surface area contributed by atoms with Crippen molar-refractivity contribution in [2.45, 2.75) is 326 Å². The van der Waals surface area contributed by atoms with Crippen LogP contribution in [0.25, 0.3) is 0 Å². The van der Waals surface area contributed by atoms with E-state index in [1.165, 1.54) is 96.0 Å². The molecule has 71 heavy (non-hydrogen) atoms. The first kappa shape index (κ1) is 72.1. The monoisotopic (exact) mass is 997 g/mol. The van der Waals surface area contributed by atoms with Crippen molar-refractivity contribution in [3.63, 3.8) is 0 Å². The summed E-state index contributed by atoms with van der Waals surface area (Å²) in [5, 5.41) is 0. The summed E-state index contributed by atoms with van der Waals surface area (Å²) < 4.78 is 0. The summed E-state index contributed by atoms with van der Waals surface area (Å²) in [5.74, 6) is 4.44. The molecule has 4 nitrogen and oxygen atoms in total. The van der Waals surface area contributed by atoms with Crippen molar-refractivity contribution >= 4 is 0 Å². The Balaban J connectivity index is 0. The second kappa shape index (κ2) is 27.4. The van der Waals surface area contributed by atoms with E-state index in [4.69, 9.17) is 0 Å². The van der Waals surface area contributed by atoms with Crippen molar-refractivity contribution in [1.29, 1.82) is 0 Å². The van der Waals surface area contributed by atoms with Gasteiger partial charge in [0.25, 0.3) is 0 Å². The molecule has 6 rings (SSSR count). The minimum atomic E-state index is 0. The largest absolute Gasteiger partial charge is 0.295 e. The van der Waals surface area contributed by atoms with E-state index in [-0.39, 0.29) is 35.2 Å². The molecule has 0 amide bonds. The fraction of sp³-hybridized carbons (Fsp3) is 0.910. The predicted molar refractivity (Wildman–Crippen MR) is 326 cm³/mol. The molecule has 5 fully saturated rings. The molecule has 1 aromatic rings. The molecule has 0 N–H and O–H groups in total. The van der Waals surface area contributed by atoms with E-state index in [9.17, 15) is 0 Å². The molecule has 5 aliphatic rings. The van der Waals surface area contributed by atoms with Gasteiger partial charge in [0.2, 0.25) is 0 Å². The van der Waals surface area contributed by atoms with E-state index in [0.29, 0.717) is 50.2 Å². The maximum Gasteiger partial charge on any atom is 0.0155 e. The lowest BCUT2D eigenvalue weighted by atomic mass is 9.76. The Morgan fingerprint density at radius 1 is 0.394 bits per heavy atom. The summed E-state index contributed by atoms with van der Waals surface area (Å²) in [6.45, 7) is 66.8. The SMILES string of the molecule is C.C.C.C.CC(C)(C)C1CC(C2CCCCC2)CN1C(C)(C)C.CC(C)(C)C1CC(c2ccccc2)CN1C(C)(C)C.CC1CC(C(C)(C)C)N(C(C)(C)C)C1.CCC1CC(C(C)(C)C)N(C(C)(C)C)C1. The standard InChI is InChI=1S/C18H35N.C18H29N.C14H29N.C13H27N.4CH4/c2*1-17(2,3)16-12-15(13-19(16)18(4,5)6)14-10-8-7-9-11-14;1-8-11-9-12(13(2,3)4)15(10-11)14(5,6)7;1-10-8-11(12(2,3)4)14(9-10)13(5,6)7;;;;/h14-16H,7-13H2,1-6H3;7-11,15-16H,12-13H2,1-6H3;11-12H,8-10H2,1-7H3;10-11H,8-9H2,1-7H3;4*1H4. The van der Waals surface area contributed by atoms with Crippen LogP contribution in [0.3, 0.4) is 0 Å². The predicted octanol–water partition coefficient (Wildman–Crippen LogP) is 19.8. The average molecular weight is 998 g/mol. The van der Waals surface area contributed by atoms with Gasteiger partial charge in [-0.1, -0.05) is 195 Å². The van der Waals surface area contributed by atoms with Crippen LogP contribution in [0.4, 0.5) is 0 Å². The molecular formula is C67H136N4. The van der Waals surface area contributed by atoms with E-state index >= 15 is 0 Å². The van der Waals surface area contributed by atoms with Gasteiger partial charge in [0.05, 0.1) is 0 Å². The van der Waals surface area contributed by atoms with Crippen molar-refractivity contribution in [2.75, 3.05) is 26.2 Å². The van der Waals surface area contributed by atoms with Crippen LogP contribution in [-0.4, -0.2) is 92.1 Å². The molecule has 4 saturated heterocycles. The number of nitrogens with zero attached hydrogens (tertiary/aromatic N) is 4. The first-order chi connectivity index (χ1) is 30.2. The van der Waals surface area contributed by atoms with Gasteiger partial charge in [-0.15, -0.1) is 0 Å². The van der Waals surface area contributed by atoms with E-state index in [0.717, 1.165) is 41.8 Å². The molecule has 8 unspecified atom stereocenters. The second-order valence-corrected chi connectivity index (χ2v) is 31.4. The van der Waals surface area contributed by atoms with Crippen LogP contribution in [0.15, 0.2) is 30.3 Å². The number of rotatable bonds is 3. The van der Waals surface area contributed by atoms with Gasteiger partial charge in [0.15, 0.2) is 0 Å². The zero-order valence-electron chi connectivity index (χ0n) is 50.3. The Morgan fingerprint density at radius 3 is 1.08 bits per heavy atom. The van der Waals surface area contributed by atoms with Crippen molar-refractivity contribution in [1.82, 2.24) is 19.6 Å². The van der Waals surface area contributed by atoms with Crippen molar-refractivity contribution in [3.8, 4) is 0 Å². The van der Waals surface area contributed by atoms with Crippen LogP contribution in [0.2, 0.25) is 0 Å². The highest BCUT2D eigenvalue weighted by Crippen LogP contribution is 2.46. The number of hydrogen-bond acceptors (Lipinski definition) is 4. The van der Waals surface area contributed by atoms with E-state index < -0.39 is 0 Å². The maximum atomic E-state index is 2.81. The van der Waals surface area contributed by atoms with Gasteiger partial charge in [-0.05, 0) is 166 Å². The van der Waals surface area contributed by atoms with Gasteiger partial charge in [-0.3, -0.25) is 19.6 Å². The fourth-order valence-electron chi connectivity index (χ4n) is 13.1. The van der Waals surface area contributed by atoms with Gasteiger partial charge in [-0.25, -0.2) is 0 Å². The molecule has 4 aliphatic heterocycles. The molecular weight excluding hydrogens is 861 g/mol. The van der Waals surface area contributed by atoms with Gasteiger partial charge in [-0.2, -0.15) is 0 Å². The third-order valence-electron chi connectivity index (χ3n) is 17.1. The zero-order chi connectivity index (χ0) is 51.5. The summed E-state index contributed by atoms with van der Waals surface area (Å²) in [5.41, 5.74) is 4.30. The highest BCUT2D eigenvalue weighted by molar-refractivity contribution is 5.23. The molecule has 1 aliphatic carbocycles. The van der Waals surface area contributed by atoms with Crippen LogP contribution in [0, 0.1) is 45.3 Å². The lowest BCUT2D eigenvalue weighted by Gasteiger charge is -2.43. The maximum absolute atomic E-state index is 2.81. The van der Waals surface area contributed by atoms with E-state index in [2.05, 4.69) is 230 Å². The smallest absolute Gasteiger partial charge is 0.0155 e. The van der Waals surface area contributed by atoms with Crippen LogP contribution in [-0.2, 0) is 0 Å². The van der Waals surface area contributed by atoms with Gasteiger partial charge in [0.1, 0.15) is 0 Å². The quantitative estimate of drug-likeness (QED) is 0.299. The Labute approximate surface area is 451 Å². The average Bonchev–Trinajstić information content (AvgIpc) is 3.99. The molecule has 424 valence electrons. The molecule has 4 heterocycles. The molecule has 0 bridgehead atoms. The van der Waals surface area contributed by atoms with Gasteiger partial charge < -0.3 is 0 Å². The van der Waals surface area contributed by atoms with Crippen LogP contribution >= 0.6 is 0 Å². The molecule has 1 aromatic carbocycles. The van der Waals surface area contributed by atoms with Gasteiger partial charge >= 0.3 is 0 Å². The number of likely N-dealkylation sites (tertiary alicyclic amines) is 4. The highest BCUT2D eigenvalue weighted by Gasteiger charge is 2.47.